The highest BCUT2D eigenvalue weighted by Gasteiger charge is 2.15. The van der Waals surface area contributed by atoms with Gasteiger partial charge in [0.25, 0.3) is 0 Å². The van der Waals surface area contributed by atoms with Crippen molar-refractivity contribution < 1.29 is 22.7 Å². The van der Waals surface area contributed by atoms with Crippen molar-refractivity contribution in [3.8, 4) is 10.4 Å². The van der Waals surface area contributed by atoms with Crippen molar-refractivity contribution in [3.05, 3.63) is 53.2 Å². The van der Waals surface area contributed by atoms with Crippen molar-refractivity contribution in [1.29, 1.82) is 0 Å². The zero-order valence-corrected chi connectivity index (χ0v) is 14.2. The topological polar surface area (TPSA) is 71.4 Å². The molecule has 0 radical (unpaired) electrons. The predicted octanol–water partition coefficient (Wildman–Crippen LogP) is 3.74. The van der Waals surface area contributed by atoms with Crippen molar-refractivity contribution in [2.45, 2.75) is 11.3 Å². The lowest BCUT2D eigenvalue weighted by atomic mass is 9.98. The second-order valence-electron chi connectivity index (χ2n) is 5.50. The van der Waals surface area contributed by atoms with Crippen molar-refractivity contribution in [2.24, 2.45) is 0 Å². The van der Waals surface area contributed by atoms with Gasteiger partial charge in [-0.15, -0.1) is 11.3 Å². The van der Waals surface area contributed by atoms with Gasteiger partial charge in [-0.25, -0.2) is 12.8 Å². The fraction of sp³-hybridized carbons (Fsp3) is 0.118. The normalized spacial score (nSPS) is 11.8. The van der Waals surface area contributed by atoms with Crippen LogP contribution < -0.4 is 0 Å². The van der Waals surface area contributed by atoms with Gasteiger partial charge in [-0.3, -0.25) is 4.79 Å². The molecule has 1 heterocycles. The number of fused-ring (bicyclic) bond motifs is 1. The quantitative estimate of drug-likeness (QED) is 0.766. The first-order valence-electron chi connectivity index (χ1n) is 6.97. The van der Waals surface area contributed by atoms with Crippen LogP contribution in [0, 0.1) is 5.82 Å². The van der Waals surface area contributed by atoms with Crippen LogP contribution >= 0.6 is 11.3 Å². The van der Waals surface area contributed by atoms with E-state index in [2.05, 4.69) is 0 Å². The maximum atomic E-state index is 13.7. The van der Waals surface area contributed by atoms with Crippen molar-refractivity contribution >= 4 is 37.9 Å². The van der Waals surface area contributed by atoms with Gasteiger partial charge in [0, 0.05) is 16.5 Å². The Morgan fingerprint density at radius 3 is 2.58 bits per heavy atom. The summed E-state index contributed by atoms with van der Waals surface area (Å²) in [7, 11) is -3.34. The number of hydrogen-bond donors (Lipinski definition) is 1. The van der Waals surface area contributed by atoms with E-state index >= 15 is 0 Å². The molecule has 0 bridgehead atoms. The van der Waals surface area contributed by atoms with Crippen LogP contribution in [0.1, 0.15) is 5.56 Å². The number of rotatable bonds is 4. The van der Waals surface area contributed by atoms with E-state index in [0.29, 0.717) is 26.8 Å². The molecule has 0 saturated heterocycles. The Labute approximate surface area is 142 Å². The minimum atomic E-state index is -3.34. The van der Waals surface area contributed by atoms with Gasteiger partial charge in [-0.05, 0) is 46.2 Å². The molecule has 2 aromatic carbocycles. The first-order chi connectivity index (χ1) is 11.2. The fourth-order valence-electron chi connectivity index (χ4n) is 2.53. The minimum absolute atomic E-state index is 0.162. The first-order valence-corrected chi connectivity index (χ1v) is 9.74. The number of carbonyl (C=O) groups is 1. The summed E-state index contributed by atoms with van der Waals surface area (Å²) in [6, 6.07) is 9.18. The third kappa shape index (κ3) is 3.32. The van der Waals surface area contributed by atoms with Crippen LogP contribution in [0.2, 0.25) is 0 Å². The van der Waals surface area contributed by atoms with Crippen LogP contribution in [0.4, 0.5) is 4.39 Å². The highest BCUT2D eigenvalue weighted by Crippen LogP contribution is 2.36. The third-order valence-corrected chi connectivity index (χ3v) is 5.81. The van der Waals surface area contributed by atoms with E-state index in [1.807, 2.05) is 0 Å². The van der Waals surface area contributed by atoms with Crippen molar-refractivity contribution in [2.75, 3.05) is 6.26 Å². The summed E-state index contributed by atoms with van der Waals surface area (Å²) in [4.78, 5) is 11.8. The molecule has 0 unspecified atom stereocenters. The molecule has 0 aliphatic rings. The summed E-state index contributed by atoms with van der Waals surface area (Å²) >= 11 is 1.23. The smallest absolute Gasteiger partial charge is 0.307 e. The molecule has 124 valence electrons. The molecule has 0 fully saturated rings. The molecular weight excluding hydrogens is 351 g/mol. The monoisotopic (exact) mass is 364 g/mol. The molecule has 1 N–H and O–H groups in total. The number of hydrogen-bond acceptors (Lipinski definition) is 4. The van der Waals surface area contributed by atoms with E-state index in [4.69, 9.17) is 5.11 Å². The zero-order chi connectivity index (χ0) is 17.5. The number of halogens is 1. The lowest BCUT2D eigenvalue weighted by molar-refractivity contribution is -0.136. The van der Waals surface area contributed by atoms with Gasteiger partial charge in [-0.1, -0.05) is 12.1 Å². The largest absolute Gasteiger partial charge is 0.481 e. The number of thiophene rings is 1. The van der Waals surface area contributed by atoms with Gasteiger partial charge >= 0.3 is 5.97 Å². The van der Waals surface area contributed by atoms with Gasteiger partial charge < -0.3 is 5.11 Å². The van der Waals surface area contributed by atoms with Crippen LogP contribution in [0.15, 0.2) is 46.7 Å². The van der Waals surface area contributed by atoms with Crippen LogP contribution in [0.5, 0.6) is 0 Å². The number of aliphatic carboxylic acids is 1. The highest BCUT2D eigenvalue weighted by atomic mass is 32.2. The Balaban J connectivity index is 2.26. The van der Waals surface area contributed by atoms with E-state index in [9.17, 15) is 17.6 Å². The molecule has 0 amide bonds. The maximum Gasteiger partial charge on any atom is 0.307 e. The Kier molecular flexibility index (Phi) is 4.15. The van der Waals surface area contributed by atoms with E-state index in [1.54, 1.807) is 18.2 Å². The molecule has 4 nitrogen and oxygen atoms in total. The summed E-state index contributed by atoms with van der Waals surface area (Å²) in [5.41, 5.74) is 1.20. The van der Waals surface area contributed by atoms with Gasteiger partial charge in [-0.2, -0.15) is 0 Å². The maximum absolute atomic E-state index is 13.7. The van der Waals surface area contributed by atoms with Gasteiger partial charge in [0.1, 0.15) is 5.82 Å². The molecule has 0 spiro atoms. The number of carboxylic acids is 1. The van der Waals surface area contributed by atoms with E-state index in [0.717, 1.165) is 6.26 Å². The molecule has 0 aliphatic heterocycles. The Bertz CT molecular complexity index is 1050. The highest BCUT2D eigenvalue weighted by molar-refractivity contribution is 7.90. The molecule has 3 aromatic rings. The molecule has 0 saturated carbocycles. The van der Waals surface area contributed by atoms with Gasteiger partial charge in [0.2, 0.25) is 0 Å². The SMILES string of the molecule is CS(=O)(=O)c1csc(-c2cc(CC(=O)O)cc3ccc(F)cc23)c1. The Hall–Kier alpha value is -2.25. The molecule has 0 atom stereocenters. The number of carboxylic acid groups (broad SMARTS) is 1. The lowest BCUT2D eigenvalue weighted by Crippen LogP contribution is -2.00. The number of benzene rings is 2. The number of sulfone groups is 1. The summed E-state index contributed by atoms with van der Waals surface area (Å²) in [5, 5.41) is 11.9. The molecule has 1 aromatic heterocycles. The average Bonchev–Trinajstić information content (AvgIpc) is 2.96. The molecule has 24 heavy (non-hydrogen) atoms. The fourth-order valence-corrected chi connectivity index (χ4v) is 4.58. The Morgan fingerprint density at radius 2 is 1.96 bits per heavy atom. The Morgan fingerprint density at radius 1 is 1.21 bits per heavy atom. The molecular formula is C17H13FO4S2. The second-order valence-corrected chi connectivity index (χ2v) is 8.43. The van der Waals surface area contributed by atoms with Crippen LogP contribution in [0.3, 0.4) is 0 Å². The van der Waals surface area contributed by atoms with Gasteiger partial charge in [0.15, 0.2) is 9.84 Å². The predicted molar refractivity (Wildman–Crippen MR) is 91.7 cm³/mol. The van der Waals surface area contributed by atoms with Crippen molar-refractivity contribution in [3.63, 3.8) is 0 Å². The summed E-state index contributed by atoms with van der Waals surface area (Å²) in [6.07, 6.45) is 0.960. The minimum Gasteiger partial charge on any atom is -0.481 e. The first kappa shape index (κ1) is 16.6. The average molecular weight is 364 g/mol. The second kappa shape index (κ2) is 5.99. The van der Waals surface area contributed by atoms with E-state index in [-0.39, 0.29) is 11.3 Å². The summed E-state index contributed by atoms with van der Waals surface area (Å²) < 4.78 is 37.0. The van der Waals surface area contributed by atoms with Crippen LogP contribution in [-0.4, -0.2) is 25.7 Å². The van der Waals surface area contributed by atoms with Crippen LogP contribution in [0.25, 0.3) is 21.2 Å². The summed E-state index contributed by atoms with van der Waals surface area (Å²) in [5.74, 6) is -1.37. The zero-order valence-electron chi connectivity index (χ0n) is 12.6. The van der Waals surface area contributed by atoms with E-state index < -0.39 is 21.6 Å². The van der Waals surface area contributed by atoms with Gasteiger partial charge in [0.05, 0.1) is 11.3 Å². The van der Waals surface area contributed by atoms with E-state index in [1.165, 1.54) is 34.9 Å². The van der Waals surface area contributed by atoms with Crippen molar-refractivity contribution in [1.82, 2.24) is 0 Å². The summed E-state index contributed by atoms with van der Waals surface area (Å²) in [6.45, 7) is 0. The molecule has 3 rings (SSSR count). The lowest BCUT2D eigenvalue weighted by Gasteiger charge is -2.08. The third-order valence-electron chi connectivity index (χ3n) is 3.60. The molecule has 0 aliphatic carbocycles. The molecule has 7 heteroatoms. The standard InChI is InChI=1S/C17H13FO4S2/c1-24(21,22)13-8-16(23-9-13)15-5-10(6-17(19)20)4-11-2-3-12(18)7-14(11)15/h2-5,7-9H,6H2,1H3,(H,19,20). The van der Waals surface area contributed by atoms with Crippen LogP contribution in [-0.2, 0) is 21.1 Å².